The Kier molecular flexibility index (Phi) is 4.04. The molecule has 5 nitrogen and oxygen atoms in total. The summed E-state index contributed by atoms with van der Waals surface area (Å²) in [6, 6.07) is 5.86. The van der Waals surface area contributed by atoms with Crippen LogP contribution in [0.4, 0.5) is 0 Å². The molecule has 2 atom stereocenters. The van der Waals surface area contributed by atoms with Gasteiger partial charge >= 0.3 is 5.97 Å². The number of amides is 1. The Labute approximate surface area is 136 Å². The lowest BCUT2D eigenvalue weighted by Crippen LogP contribution is -2.38. The zero-order valence-corrected chi connectivity index (χ0v) is 13.7. The van der Waals surface area contributed by atoms with Crippen LogP contribution in [0.2, 0.25) is 0 Å². The van der Waals surface area contributed by atoms with Gasteiger partial charge in [-0.2, -0.15) is 0 Å². The third-order valence-corrected chi connectivity index (χ3v) is 5.40. The summed E-state index contributed by atoms with van der Waals surface area (Å²) in [5.41, 5.74) is 1.27. The third-order valence-electron chi connectivity index (χ3n) is 5.40. The van der Waals surface area contributed by atoms with Gasteiger partial charge in [-0.3, -0.25) is 9.59 Å². The Morgan fingerprint density at radius 2 is 2.04 bits per heavy atom. The number of aliphatic carboxylic acids is 1. The molecule has 2 fully saturated rings. The Hall–Kier alpha value is -2.04. The van der Waals surface area contributed by atoms with Crippen molar-refractivity contribution >= 4 is 11.9 Å². The molecule has 1 aromatic rings. The van der Waals surface area contributed by atoms with Crippen LogP contribution in [0.25, 0.3) is 0 Å². The molecule has 0 aromatic heterocycles. The lowest BCUT2D eigenvalue weighted by atomic mass is 9.81. The van der Waals surface area contributed by atoms with Crippen LogP contribution in [0.5, 0.6) is 5.75 Å². The third kappa shape index (κ3) is 2.69. The van der Waals surface area contributed by atoms with Crippen molar-refractivity contribution in [3.8, 4) is 5.75 Å². The van der Waals surface area contributed by atoms with Crippen LogP contribution in [-0.2, 0) is 9.59 Å². The molecule has 0 radical (unpaired) electrons. The Morgan fingerprint density at radius 3 is 2.65 bits per heavy atom. The van der Waals surface area contributed by atoms with E-state index in [1.807, 2.05) is 32.0 Å². The first-order valence-corrected chi connectivity index (χ1v) is 8.14. The molecule has 0 unspecified atom stereocenters. The maximum Gasteiger partial charge on any atom is 0.311 e. The maximum atomic E-state index is 12.4. The van der Waals surface area contributed by atoms with Gasteiger partial charge in [-0.1, -0.05) is 24.6 Å². The van der Waals surface area contributed by atoms with E-state index in [9.17, 15) is 14.7 Å². The van der Waals surface area contributed by atoms with Crippen molar-refractivity contribution in [3.63, 3.8) is 0 Å². The monoisotopic (exact) mass is 317 g/mol. The lowest BCUT2D eigenvalue weighted by Gasteiger charge is -2.23. The Balaban J connectivity index is 1.65. The summed E-state index contributed by atoms with van der Waals surface area (Å²) in [7, 11) is 0. The Bertz CT molecular complexity index is 622. The number of hydrogen-bond acceptors (Lipinski definition) is 3. The SMILES string of the molecule is Cc1cccc(C)c1OCC(=O)N1C[C@@H]2CCC[C@@]2(C(=O)O)C1. The van der Waals surface area contributed by atoms with Gasteiger partial charge < -0.3 is 14.7 Å². The van der Waals surface area contributed by atoms with Crippen LogP contribution >= 0.6 is 0 Å². The van der Waals surface area contributed by atoms with E-state index in [0.717, 1.165) is 29.7 Å². The van der Waals surface area contributed by atoms with Crippen LogP contribution in [0, 0.1) is 25.2 Å². The van der Waals surface area contributed by atoms with Crippen LogP contribution in [-0.4, -0.2) is 41.6 Å². The van der Waals surface area contributed by atoms with Crippen LogP contribution < -0.4 is 4.74 Å². The number of carbonyl (C=O) groups excluding carboxylic acids is 1. The van der Waals surface area contributed by atoms with E-state index >= 15 is 0 Å². The van der Waals surface area contributed by atoms with E-state index < -0.39 is 11.4 Å². The minimum absolute atomic E-state index is 0.0336. The smallest absolute Gasteiger partial charge is 0.311 e. The number of carboxylic acids is 1. The largest absolute Gasteiger partial charge is 0.483 e. The van der Waals surface area contributed by atoms with Crippen LogP contribution in [0.15, 0.2) is 18.2 Å². The van der Waals surface area contributed by atoms with E-state index in [0.29, 0.717) is 19.5 Å². The molecule has 0 bridgehead atoms. The predicted molar refractivity (Wildman–Crippen MR) is 85.4 cm³/mol. The summed E-state index contributed by atoms with van der Waals surface area (Å²) in [6.07, 6.45) is 2.51. The molecule has 0 spiro atoms. The lowest BCUT2D eigenvalue weighted by molar-refractivity contribution is -0.149. The van der Waals surface area contributed by atoms with Gasteiger partial charge in [-0.15, -0.1) is 0 Å². The summed E-state index contributed by atoms with van der Waals surface area (Å²) in [5.74, 6) is -0.0500. The summed E-state index contributed by atoms with van der Waals surface area (Å²) in [6.45, 7) is 4.73. The summed E-state index contributed by atoms with van der Waals surface area (Å²) < 4.78 is 5.72. The highest BCUT2D eigenvalue weighted by Crippen LogP contribution is 2.48. The number of hydrogen-bond donors (Lipinski definition) is 1. The number of ether oxygens (including phenoxy) is 1. The molecule has 2 aliphatic rings. The van der Waals surface area contributed by atoms with E-state index in [1.165, 1.54) is 0 Å². The highest BCUT2D eigenvalue weighted by atomic mass is 16.5. The molecule has 1 amide bonds. The van der Waals surface area contributed by atoms with Gasteiger partial charge in [0.2, 0.25) is 0 Å². The summed E-state index contributed by atoms with van der Waals surface area (Å²) >= 11 is 0. The van der Waals surface area contributed by atoms with Gasteiger partial charge in [-0.05, 0) is 43.7 Å². The van der Waals surface area contributed by atoms with Crippen molar-refractivity contribution in [1.82, 2.24) is 4.90 Å². The number of likely N-dealkylation sites (tertiary alicyclic amines) is 1. The van der Waals surface area contributed by atoms with Crippen molar-refractivity contribution in [3.05, 3.63) is 29.3 Å². The molecule has 3 rings (SSSR count). The normalized spacial score (nSPS) is 26.2. The molecule has 1 N–H and O–H groups in total. The zero-order chi connectivity index (χ0) is 16.6. The van der Waals surface area contributed by atoms with Gasteiger partial charge in [0.05, 0.1) is 5.41 Å². The first-order chi connectivity index (χ1) is 10.9. The van der Waals surface area contributed by atoms with Crippen molar-refractivity contribution < 1.29 is 19.4 Å². The quantitative estimate of drug-likeness (QED) is 0.926. The van der Waals surface area contributed by atoms with E-state index in [4.69, 9.17) is 4.74 Å². The summed E-state index contributed by atoms with van der Waals surface area (Å²) in [4.78, 5) is 25.8. The minimum Gasteiger partial charge on any atom is -0.483 e. The van der Waals surface area contributed by atoms with Crippen LogP contribution in [0.1, 0.15) is 30.4 Å². The standard InChI is InChI=1S/C18H23NO4/c1-12-5-3-6-13(2)16(12)23-10-15(20)19-9-14-7-4-8-18(14,11-19)17(21)22/h3,5-6,14H,4,7-11H2,1-2H3,(H,21,22)/t14-,18+/m0/s1. The van der Waals surface area contributed by atoms with Gasteiger partial charge in [0.25, 0.3) is 5.91 Å². The first-order valence-electron chi connectivity index (χ1n) is 8.14. The molecule has 1 heterocycles. The minimum atomic E-state index is -0.758. The van der Waals surface area contributed by atoms with Crippen molar-refractivity contribution in [2.45, 2.75) is 33.1 Å². The molecule has 1 saturated heterocycles. The van der Waals surface area contributed by atoms with Gasteiger partial charge in [-0.25, -0.2) is 0 Å². The molecule has 5 heteroatoms. The number of benzene rings is 1. The second-order valence-electron chi connectivity index (χ2n) is 6.83. The highest BCUT2D eigenvalue weighted by molar-refractivity contribution is 5.82. The summed E-state index contributed by atoms with van der Waals surface area (Å²) in [5, 5.41) is 9.59. The topological polar surface area (TPSA) is 66.8 Å². The van der Waals surface area contributed by atoms with E-state index in [2.05, 4.69) is 0 Å². The van der Waals surface area contributed by atoms with E-state index in [-0.39, 0.29) is 18.4 Å². The number of carboxylic acid groups (broad SMARTS) is 1. The fourth-order valence-electron chi connectivity index (χ4n) is 4.08. The average Bonchev–Trinajstić information content (AvgIpc) is 3.04. The Morgan fingerprint density at radius 1 is 1.35 bits per heavy atom. The first kappa shape index (κ1) is 15.8. The molecule has 1 aliphatic heterocycles. The fourth-order valence-corrected chi connectivity index (χ4v) is 4.08. The fraction of sp³-hybridized carbons (Fsp3) is 0.556. The maximum absolute atomic E-state index is 12.4. The second-order valence-corrected chi connectivity index (χ2v) is 6.83. The predicted octanol–water partition coefficient (Wildman–Crippen LogP) is 2.40. The van der Waals surface area contributed by atoms with Crippen LogP contribution in [0.3, 0.4) is 0 Å². The van der Waals surface area contributed by atoms with Gasteiger partial charge in [0.1, 0.15) is 5.75 Å². The van der Waals surface area contributed by atoms with Gasteiger partial charge in [0, 0.05) is 13.1 Å². The van der Waals surface area contributed by atoms with Crippen molar-refractivity contribution in [1.29, 1.82) is 0 Å². The molecular weight excluding hydrogens is 294 g/mol. The molecule has 124 valence electrons. The van der Waals surface area contributed by atoms with E-state index in [1.54, 1.807) is 4.90 Å². The number of carbonyl (C=O) groups is 2. The molecule has 1 aromatic carbocycles. The number of nitrogens with zero attached hydrogens (tertiary/aromatic N) is 1. The average molecular weight is 317 g/mol. The molecule has 1 aliphatic carbocycles. The number of fused-ring (bicyclic) bond motifs is 1. The molecule has 23 heavy (non-hydrogen) atoms. The van der Waals surface area contributed by atoms with Crippen molar-refractivity contribution in [2.24, 2.45) is 11.3 Å². The highest BCUT2D eigenvalue weighted by Gasteiger charge is 2.55. The number of rotatable bonds is 4. The molecule has 1 saturated carbocycles. The second kappa shape index (κ2) is 5.87. The number of para-hydroxylation sites is 1. The molecular formula is C18H23NO4. The number of aryl methyl sites for hydroxylation is 2. The van der Waals surface area contributed by atoms with Gasteiger partial charge in [0.15, 0.2) is 6.61 Å². The zero-order valence-electron chi connectivity index (χ0n) is 13.7. The van der Waals surface area contributed by atoms with Crippen molar-refractivity contribution in [2.75, 3.05) is 19.7 Å².